The van der Waals surface area contributed by atoms with Gasteiger partial charge >= 0.3 is 6.09 Å². The number of benzene rings is 5. The zero-order chi connectivity index (χ0) is 41.6. The van der Waals surface area contributed by atoms with Crippen LogP contribution in [-0.2, 0) is 42.1 Å². The molecule has 0 saturated heterocycles. The molecule has 0 aliphatic carbocycles. The number of nitrogens with one attached hydrogen (secondary N) is 1. The molecule has 0 saturated carbocycles. The van der Waals surface area contributed by atoms with E-state index in [0.29, 0.717) is 59.2 Å². The molecule has 0 radical (unpaired) electrons. The van der Waals surface area contributed by atoms with E-state index in [9.17, 15) is 9.59 Å². The Hall–Kier alpha value is -6.23. The third-order valence-corrected chi connectivity index (χ3v) is 11.4. The minimum atomic E-state index is -0.795. The van der Waals surface area contributed by atoms with Crippen LogP contribution in [0.4, 0.5) is 4.79 Å². The minimum Gasteiger partial charge on any atom is -0.489 e. The van der Waals surface area contributed by atoms with Crippen LogP contribution in [0.15, 0.2) is 121 Å². The van der Waals surface area contributed by atoms with Gasteiger partial charge in [0.1, 0.15) is 43.1 Å². The molecule has 2 aliphatic heterocycles. The Bertz CT molecular complexity index is 2480. The number of rotatable bonds is 12. The number of amides is 2. The van der Waals surface area contributed by atoms with Crippen LogP contribution in [0.3, 0.4) is 0 Å². The van der Waals surface area contributed by atoms with E-state index in [1.807, 2.05) is 117 Å². The summed E-state index contributed by atoms with van der Waals surface area (Å²) < 4.78 is 30.5. The maximum absolute atomic E-state index is 13.9. The van der Waals surface area contributed by atoms with Gasteiger partial charge in [0.25, 0.3) is 0 Å². The summed E-state index contributed by atoms with van der Waals surface area (Å²) in [5.41, 5.74) is 7.37. The molecule has 2 unspecified atom stereocenters. The quantitative estimate of drug-likeness (QED) is 0.130. The number of pyridine rings is 1. The number of ether oxygens (including phenoxy) is 5. The Morgan fingerprint density at radius 2 is 1.55 bits per heavy atom. The largest absolute Gasteiger partial charge is 0.489 e. The van der Waals surface area contributed by atoms with Crippen molar-refractivity contribution >= 4 is 35.2 Å². The third-order valence-electron chi connectivity index (χ3n) is 10.7. The van der Waals surface area contributed by atoms with Crippen LogP contribution >= 0.6 is 23.2 Å². The molecule has 306 valence electrons. The molecule has 60 heavy (non-hydrogen) atoms. The highest BCUT2D eigenvalue weighted by molar-refractivity contribution is 6.42. The van der Waals surface area contributed by atoms with Gasteiger partial charge in [-0.05, 0) is 108 Å². The molecule has 8 rings (SSSR count). The maximum Gasteiger partial charge on any atom is 0.411 e. The summed E-state index contributed by atoms with van der Waals surface area (Å²) in [5, 5.41) is 4.04. The van der Waals surface area contributed by atoms with E-state index in [-0.39, 0.29) is 31.6 Å². The molecule has 6 aromatic rings. The second kappa shape index (κ2) is 18.4. The van der Waals surface area contributed by atoms with E-state index in [0.717, 1.165) is 50.4 Å². The standard InChI is InChI=1S/C48H43Cl2N3O7/c1-30-31(2)51-21-19-43(30)59-39-13-8-32(9-14-39)18-20-52-47(54)42-23-36-24-44-45(25-37(36)26-53(42)48(55)58-27-33-6-4-3-5-7-33)60-46(29-57-44)35-11-15-38(16-12-35)56-28-34-10-17-40(49)41(50)22-34/h3-17,19,21-22,24-25,42,46H,18,20,23,26-29H2,1-2H3,(H,52,54). The Balaban J connectivity index is 0.921. The van der Waals surface area contributed by atoms with Crippen molar-refractivity contribution in [3.8, 4) is 28.7 Å². The monoisotopic (exact) mass is 843 g/mol. The lowest BCUT2D eigenvalue weighted by Crippen LogP contribution is -2.53. The van der Waals surface area contributed by atoms with Crippen LogP contribution in [0.1, 0.15) is 50.7 Å². The molecule has 5 aromatic carbocycles. The average Bonchev–Trinajstić information content (AvgIpc) is 3.27. The van der Waals surface area contributed by atoms with E-state index in [2.05, 4.69) is 10.3 Å². The van der Waals surface area contributed by atoms with Gasteiger partial charge in [-0.2, -0.15) is 0 Å². The van der Waals surface area contributed by atoms with E-state index < -0.39 is 12.1 Å². The normalized spacial score (nSPS) is 15.4. The number of halogens is 2. The maximum atomic E-state index is 13.9. The zero-order valence-electron chi connectivity index (χ0n) is 33.2. The van der Waals surface area contributed by atoms with Crippen LogP contribution < -0.4 is 24.3 Å². The molecule has 10 nitrogen and oxygen atoms in total. The number of fused-ring (bicyclic) bond motifs is 2. The molecule has 12 heteroatoms. The fourth-order valence-corrected chi connectivity index (χ4v) is 7.47. The second-order valence-electron chi connectivity index (χ2n) is 14.8. The van der Waals surface area contributed by atoms with Crippen LogP contribution in [0.2, 0.25) is 10.0 Å². The average molecular weight is 845 g/mol. The summed E-state index contributed by atoms with van der Waals surface area (Å²) >= 11 is 12.2. The smallest absolute Gasteiger partial charge is 0.411 e. The molecule has 2 atom stereocenters. The molecular formula is C48H43Cl2N3O7. The summed E-state index contributed by atoms with van der Waals surface area (Å²) in [4.78, 5) is 33.4. The highest BCUT2D eigenvalue weighted by Crippen LogP contribution is 2.41. The van der Waals surface area contributed by atoms with Crippen molar-refractivity contribution in [2.45, 2.75) is 58.6 Å². The number of hydrogen-bond acceptors (Lipinski definition) is 8. The number of aryl methyl sites for hydroxylation is 1. The van der Waals surface area contributed by atoms with Gasteiger partial charge in [0.05, 0.1) is 16.6 Å². The van der Waals surface area contributed by atoms with Crippen LogP contribution in [0, 0.1) is 13.8 Å². The number of carbonyl (C=O) groups is 2. The first-order valence-corrected chi connectivity index (χ1v) is 20.5. The topological polar surface area (TPSA) is 108 Å². The summed E-state index contributed by atoms with van der Waals surface area (Å²) in [6.45, 7) is 5.20. The van der Waals surface area contributed by atoms with Gasteiger partial charge in [0.2, 0.25) is 5.91 Å². The van der Waals surface area contributed by atoms with Crippen LogP contribution in [0.25, 0.3) is 0 Å². The van der Waals surface area contributed by atoms with Gasteiger partial charge in [-0.25, -0.2) is 4.79 Å². The molecule has 2 amide bonds. The molecule has 2 aliphatic rings. The van der Waals surface area contributed by atoms with E-state index in [1.54, 1.807) is 18.3 Å². The van der Waals surface area contributed by atoms with Crippen LogP contribution in [-0.4, -0.2) is 41.1 Å². The number of hydrogen-bond donors (Lipinski definition) is 1. The Morgan fingerprint density at radius 1 is 0.800 bits per heavy atom. The molecule has 1 aromatic heterocycles. The lowest BCUT2D eigenvalue weighted by atomic mass is 9.92. The number of carbonyl (C=O) groups excluding carboxylic acids is 2. The van der Waals surface area contributed by atoms with Gasteiger partial charge in [-0.1, -0.05) is 83.9 Å². The van der Waals surface area contributed by atoms with Crippen molar-refractivity contribution in [2.24, 2.45) is 0 Å². The van der Waals surface area contributed by atoms with Crippen molar-refractivity contribution < 1.29 is 33.3 Å². The van der Waals surface area contributed by atoms with Crippen molar-refractivity contribution in [1.29, 1.82) is 0 Å². The first-order chi connectivity index (χ1) is 29.2. The summed E-state index contributed by atoms with van der Waals surface area (Å²) in [6.07, 6.45) is 1.67. The Morgan fingerprint density at radius 3 is 2.33 bits per heavy atom. The Labute approximate surface area is 358 Å². The highest BCUT2D eigenvalue weighted by atomic mass is 35.5. The molecular weight excluding hydrogens is 801 g/mol. The lowest BCUT2D eigenvalue weighted by Gasteiger charge is -2.36. The third kappa shape index (κ3) is 9.62. The van der Waals surface area contributed by atoms with Gasteiger partial charge in [0.15, 0.2) is 17.6 Å². The van der Waals surface area contributed by atoms with Crippen molar-refractivity contribution in [2.75, 3.05) is 13.2 Å². The van der Waals surface area contributed by atoms with Gasteiger partial charge in [-0.3, -0.25) is 14.7 Å². The summed E-state index contributed by atoms with van der Waals surface area (Å²) in [7, 11) is 0. The van der Waals surface area contributed by atoms with Crippen molar-refractivity contribution in [3.63, 3.8) is 0 Å². The predicted octanol–water partition coefficient (Wildman–Crippen LogP) is 10.3. The molecule has 0 bridgehead atoms. The highest BCUT2D eigenvalue weighted by Gasteiger charge is 2.37. The number of nitrogens with zero attached hydrogens (tertiary/aromatic N) is 2. The molecule has 3 heterocycles. The second-order valence-corrected chi connectivity index (χ2v) is 15.6. The fraction of sp³-hybridized carbons (Fsp3) is 0.229. The Kier molecular flexibility index (Phi) is 12.4. The van der Waals surface area contributed by atoms with Gasteiger partial charge < -0.3 is 29.0 Å². The number of aromatic nitrogens is 1. The summed E-state index contributed by atoms with van der Waals surface area (Å²) in [6, 6.07) is 35.2. The van der Waals surface area contributed by atoms with Crippen LogP contribution in [0.5, 0.6) is 28.7 Å². The molecule has 1 N–H and O–H groups in total. The zero-order valence-corrected chi connectivity index (χ0v) is 34.7. The molecule has 0 spiro atoms. The first-order valence-electron chi connectivity index (χ1n) is 19.7. The van der Waals surface area contributed by atoms with Crippen molar-refractivity contribution in [3.05, 3.63) is 176 Å². The first kappa shape index (κ1) is 40.5. The van der Waals surface area contributed by atoms with E-state index >= 15 is 0 Å². The van der Waals surface area contributed by atoms with Gasteiger partial charge in [-0.15, -0.1) is 0 Å². The summed E-state index contributed by atoms with van der Waals surface area (Å²) in [5.74, 6) is 3.06. The predicted molar refractivity (Wildman–Crippen MR) is 229 cm³/mol. The van der Waals surface area contributed by atoms with E-state index in [1.165, 1.54) is 4.90 Å². The van der Waals surface area contributed by atoms with Crippen molar-refractivity contribution in [1.82, 2.24) is 15.2 Å². The van der Waals surface area contributed by atoms with Gasteiger partial charge in [0, 0.05) is 30.4 Å². The lowest BCUT2D eigenvalue weighted by molar-refractivity contribution is -0.126. The fourth-order valence-electron chi connectivity index (χ4n) is 7.14. The van der Waals surface area contributed by atoms with E-state index in [4.69, 9.17) is 46.9 Å². The molecule has 0 fully saturated rings. The minimum absolute atomic E-state index is 0.0829. The SMILES string of the molecule is Cc1nccc(Oc2ccc(CCNC(=O)C3Cc4cc5c(cc4CN3C(=O)OCc3ccccc3)OC(c3ccc(OCc4ccc(Cl)c(Cl)c4)cc3)CO5)cc2)c1C.